The van der Waals surface area contributed by atoms with Crippen LogP contribution in [0.3, 0.4) is 0 Å². The minimum Gasteiger partial charge on any atom is -0.497 e. The SMILES string of the molecule is COc1cccc([C@@]2(N)C[C@H](C)CCC2=O)c1. The van der Waals surface area contributed by atoms with Crippen LogP contribution in [0, 0.1) is 5.92 Å². The Balaban J connectivity index is 2.38. The molecule has 1 aromatic carbocycles. The molecule has 0 spiro atoms. The molecule has 1 saturated carbocycles. The zero-order valence-electron chi connectivity index (χ0n) is 10.4. The van der Waals surface area contributed by atoms with Crippen molar-refractivity contribution >= 4 is 5.78 Å². The largest absolute Gasteiger partial charge is 0.497 e. The Morgan fingerprint density at radius 3 is 2.94 bits per heavy atom. The van der Waals surface area contributed by atoms with Gasteiger partial charge in [-0.05, 0) is 36.5 Å². The molecule has 2 rings (SSSR count). The number of hydrogen-bond acceptors (Lipinski definition) is 3. The lowest BCUT2D eigenvalue weighted by Crippen LogP contribution is -2.48. The van der Waals surface area contributed by atoms with Gasteiger partial charge >= 0.3 is 0 Å². The standard InChI is InChI=1S/C14H19NO2/c1-10-6-7-13(16)14(15,9-10)11-4-3-5-12(8-11)17-2/h3-5,8,10H,6-7,9,15H2,1-2H3/t10-,14+/m1/s1. The van der Waals surface area contributed by atoms with Crippen LogP contribution >= 0.6 is 0 Å². The normalized spacial score (nSPS) is 29.1. The van der Waals surface area contributed by atoms with Crippen molar-refractivity contribution in [2.75, 3.05) is 7.11 Å². The summed E-state index contributed by atoms with van der Waals surface area (Å²) in [5.41, 5.74) is 6.37. The number of ketones is 1. The number of hydrogen-bond donors (Lipinski definition) is 1. The first-order valence-corrected chi connectivity index (χ1v) is 6.03. The van der Waals surface area contributed by atoms with Gasteiger partial charge in [0.25, 0.3) is 0 Å². The molecule has 0 bridgehead atoms. The van der Waals surface area contributed by atoms with Crippen LogP contribution < -0.4 is 10.5 Å². The van der Waals surface area contributed by atoms with Crippen LogP contribution in [0.25, 0.3) is 0 Å². The van der Waals surface area contributed by atoms with Crippen LogP contribution in [0.5, 0.6) is 5.75 Å². The molecule has 3 heteroatoms. The Morgan fingerprint density at radius 1 is 1.47 bits per heavy atom. The Morgan fingerprint density at radius 2 is 2.24 bits per heavy atom. The van der Waals surface area contributed by atoms with Gasteiger partial charge in [-0.3, -0.25) is 4.79 Å². The fourth-order valence-electron chi connectivity index (χ4n) is 2.55. The lowest BCUT2D eigenvalue weighted by atomic mass is 9.72. The third-order valence-corrected chi connectivity index (χ3v) is 3.62. The lowest BCUT2D eigenvalue weighted by molar-refractivity contribution is -0.127. The van der Waals surface area contributed by atoms with Crippen LogP contribution in [-0.2, 0) is 10.3 Å². The summed E-state index contributed by atoms with van der Waals surface area (Å²) in [6.07, 6.45) is 2.25. The van der Waals surface area contributed by atoms with Crippen LogP contribution in [0.15, 0.2) is 24.3 Å². The van der Waals surface area contributed by atoms with Crippen LogP contribution in [0.1, 0.15) is 31.7 Å². The van der Waals surface area contributed by atoms with Gasteiger partial charge in [-0.2, -0.15) is 0 Å². The summed E-state index contributed by atoms with van der Waals surface area (Å²) in [5, 5.41) is 0. The predicted octanol–water partition coefficient (Wildman–Crippen LogP) is 2.24. The first kappa shape index (κ1) is 12.1. The van der Waals surface area contributed by atoms with Crippen LogP contribution in [0.2, 0.25) is 0 Å². The molecule has 0 aromatic heterocycles. The number of carbonyl (C=O) groups is 1. The highest BCUT2D eigenvalue weighted by Gasteiger charge is 2.40. The maximum atomic E-state index is 12.1. The van der Waals surface area contributed by atoms with Crippen molar-refractivity contribution in [3.05, 3.63) is 29.8 Å². The van der Waals surface area contributed by atoms with Gasteiger partial charge in [0.2, 0.25) is 0 Å². The van der Waals surface area contributed by atoms with Crippen LogP contribution in [0.4, 0.5) is 0 Å². The average Bonchev–Trinajstić information content (AvgIpc) is 2.34. The molecule has 0 aliphatic heterocycles. The van der Waals surface area contributed by atoms with E-state index in [-0.39, 0.29) is 5.78 Å². The second-order valence-corrected chi connectivity index (χ2v) is 4.97. The molecule has 0 radical (unpaired) electrons. The zero-order chi connectivity index (χ0) is 12.5. The summed E-state index contributed by atoms with van der Waals surface area (Å²) in [6, 6.07) is 7.54. The first-order valence-electron chi connectivity index (χ1n) is 6.03. The summed E-state index contributed by atoms with van der Waals surface area (Å²) in [7, 11) is 1.62. The molecule has 2 N–H and O–H groups in total. The van der Waals surface area contributed by atoms with Crippen molar-refractivity contribution in [3.8, 4) is 5.75 Å². The van der Waals surface area contributed by atoms with Crippen molar-refractivity contribution in [3.63, 3.8) is 0 Å². The fourth-order valence-corrected chi connectivity index (χ4v) is 2.55. The molecule has 0 unspecified atom stereocenters. The van der Waals surface area contributed by atoms with Gasteiger partial charge < -0.3 is 10.5 Å². The van der Waals surface area contributed by atoms with Crippen molar-refractivity contribution < 1.29 is 9.53 Å². The van der Waals surface area contributed by atoms with Gasteiger partial charge in [-0.15, -0.1) is 0 Å². The maximum Gasteiger partial charge on any atom is 0.157 e. The highest BCUT2D eigenvalue weighted by atomic mass is 16.5. The van der Waals surface area contributed by atoms with Gasteiger partial charge in [-0.1, -0.05) is 19.1 Å². The molecule has 1 fully saturated rings. The Kier molecular flexibility index (Phi) is 3.20. The lowest BCUT2D eigenvalue weighted by Gasteiger charge is -2.35. The summed E-state index contributed by atoms with van der Waals surface area (Å²) in [6.45, 7) is 2.15. The minimum absolute atomic E-state index is 0.142. The Labute approximate surface area is 102 Å². The maximum absolute atomic E-state index is 12.1. The highest BCUT2D eigenvalue weighted by molar-refractivity contribution is 5.90. The Hall–Kier alpha value is -1.35. The van der Waals surface area contributed by atoms with E-state index < -0.39 is 5.54 Å². The number of Topliss-reactive ketones (excluding diaryl/α,β-unsaturated/α-hetero) is 1. The monoisotopic (exact) mass is 233 g/mol. The quantitative estimate of drug-likeness (QED) is 0.852. The molecule has 3 nitrogen and oxygen atoms in total. The minimum atomic E-state index is -0.827. The van der Waals surface area contributed by atoms with E-state index >= 15 is 0 Å². The van der Waals surface area contributed by atoms with E-state index in [4.69, 9.17) is 10.5 Å². The smallest absolute Gasteiger partial charge is 0.157 e. The van der Waals surface area contributed by atoms with Crippen molar-refractivity contribution in [2.45, 2.75) is 31.7 Å². The first-order chi connectivity index (χ1) is 8.06. The second kappa shape index (κ2) is 4.49. The van der Waals surface area contributed by atoms with Gasteiger partial charge in [0, 0.05) is 6.42 Å². The average molecular weight is 233 g/mol. The third-order valence-electron chi connectivity index (χ3n) is 3.62. The molecule has 17 heavy (non-hydrogen) atoms. The van der Waals surface area contributed by atoms with E-state index in [0.29, 0.717) is 12.3 Å². The van der Waals surface area contributed by atoms with Gasteiger partial charge in [0.05, 0.1) is 7.11 Å². The van der Waals surface area contributed by atoms with E-state index in [9.17, 15) is 4.79 Å². The van der Waals surface area contributed by atoms with Crippen molar-refractivity contribution in [1.82, 2.24) is 0 Å². The Bertz CT molecular complexity index is 430. The predicted molar refractivity (Wildman–Crippen MR) is 66.9 cm³/mol. The van der Waals surface area contributed by atoms with Gasteiger partial charge in [0.1, 0.15) is 11.3 Å². The molecule has 0 saturated heterocycles. The van der Waals surface area contributed by atoms with Crippen molar-refractivity contribution in [1.29, 1.82) is 0 Å². The summed E-state index contributed by atoms with van der Waals surface area (Å²) in [4.78, 5) is 12.1. The van der Waals surface area contributed by atoms with E-state index in [2.05, 4.69) is 6.92 Å². The number of nitrogens with two attached hydrogens (primary N) is 1. The summed E-state index contributed by atoms with van der Waals surface area (Å²) >= 11 is 0. The number of carbonyl (C=O) groups excluding carboxylic acids is 1. The fraction of sp³-hybridized carbons (Fsp3) is 0.500. The van der Waals surface area contributed by atoms with Gasteiger partial charge in [0.15, 0.2) is 5.78 Å². The number of methoxy groups -OCH3 is 1. The summed E-state index contributed by atoms with van der Waals surface area (Å²) < 4.78 is 5.19. The molecule has 92 valence electrons. The topological polar surface area (TPSA) is 52.3 Å². The molecule has 1 aliphatic carbocycles. The molecule has 0 heterocycles. The third kappa shape index (κ3) is 2.20. The summed E-state index contributed by atoms with van der Waals surface area (Å²) in [5.74, 6) is 1.38. The molecule has 1 aliphatic rings. The van der Waals surface area contributed by atoms with Gasteiger partial charge in [-0.25, -0.2) is 0 Å². The van der Waals surface area contributed by atoms with E-state index in [1.54, 1.807) is 7.11 Å². The second-order valence-electron chi connectivity index (χ2n) is 4.97. The van der Waals surface area contributed by atoms with Crippen LogP contribution in [-0.4, -0.2) is 12.9 Å². The molecule has 1 aromatic rings. The van der Waals surface area contributed by atoms with E-state index in [0.717, 1.165) is 24.2 Å². The highest BCUT2D eigenvalue weighted by Crippen LogP contribution is 2.36. The van der Waals surface area contributed by atoms with E-state index in [1.807, 2.05) is 24.3 Å². The molecular weight excluding hydrogens is 214 g/mol. The molecular formula is C14H19NO2. The molecule has 2 atom stereocenters. The van der Waals surface area contributed by atoms with Crippen molar-refractivity contribution in [2.24, 2.45) is 11.7 Å². The number of rotatable bonds is 2. The molecule has 0 amide bonds. The van der Waals surface area contributed by atoms with E-state index in [1.165, 1.54) is 0 Å². The zero-order valence-corrected chi connectivity index (χ0v) is 10.4. The number of benzene rings is 1. The number of ether oxygens (including phenoxy) is 1.